The van der Waals surface area contributed by atoms with Crippen LogP contribution in [0.5, 0.6) is 0 Å². The maximum Gasteiger partial charge on any atom is 0.191 e. The number of aliphatic imine (C=N–C) groups is 1. The van der Waals surface area contributed by atoms with Crippen LogP contribution in [0.2, 0.25) is 5.02 Å². The first-order valence-corrected chi connectivity index (χ1v) is 11.0. The summed E-state index contributed by atoms with van der Waals surface area (Å²) in [5.41, 5.74) is 2.40. The largest absolute Gasteiger partial charge is 0.357 e. The monoisotopic (exact) mass is 533 g/mol. The summed E-state index contributed by atoms with van der Waals surface area (Å²) < 4.78 is 0. The lowest BCUT2D eigenvalue weighted by molar-refractivity contribution is 0.794. The average Bonchev–Trinajstić information content (AvgIpc) is 3.35. The molecule has 1 aromatic heterocycles. The zero-order chi connectivity index (χ0) is 18.9. The zero-order valence-corrected chi connectivity index (χ0v) is 20.2. The van der Waals surface area contributed by atoms with Crippen molar-refractivity contribution in [3.63, 3.8) is 0 Å². The molecule has 1 fully saturated rings. The first-order chi connectivity index (χ1) is 13.2. The summed E-state index contributed by atoms with van der Waals surface area (Å²) in [6.07, 6.45) is 4.38. The minimum atomic E-state index is 0. The highest BCUT2D eigenvalue weighted by atomic mass is 127. The van der Waals surface area contributed by atoms with Crippen molar-refractivity contribution in [2.45, 2.75) is 32.6 Å². The minimum Gasteiger partial charge on any atom is -0.357 e. The van der Waals surface area contributed by atoms with Crippen molar-refractivity contribution < 1.29 is 0 Å². The molecule has 0 aliphatic carbocycles. The number of halogens is 2. The van der Waals surface area contributed by atoms with Gasteiger partial charge in [0.1, 0.15) is 0 Å². The number of aromatic nitrogens is 1. The van der Waals surface area contributed by atoms with Crippen molar-refractivity contribution in [1.29, 1.82) is 0 Å². The van der Waals surface area contributed by atoms with E-state index in [0.29, 0.717) is 0 Å². The van der Waals surface area contributed by atoms with Gasteiger partial charge in [-0.3, -0.25) is 4.99 Å². The van der Waals surface area contributed by atoms with Crippen molar-refractivity contribution in [1.82, 2.24) is 15.6 Å². The van der Waals surface area contributed by atoms with Crippen molar-refractivity contribution in [3.8, 4) is 0 Å². The Hall–Kier alpha value is -1.06. The highest BCUT2D eigenvalue weighted by Crippen LogP contribution is 2.24. The van der Waals surface area contributed by atoms with Gasteiger partial charge in [0.25, 0.3) is 0 Å². The van der Waals surface area contributed by atoms with Crippen LogP contribution in [0.3, 0.4) is 0 Å². The van der Waals surface area contributed by atoms with Gasteiger partial charge in [-0.05, 0) is 43.9 Å². The number of nitrogens with one attached hydrogen (secondary N) is 2. The maximum atomic E-state index is 5.93. The topological polar surface area (TPSA) is 52.6 Å². The molecule has 0 atom stereocenters. The molecule has 0 unspecified atom stereocenters. The van der Waals surface area contributed by atoms with Gasteiger partial charge >= 0.3 is 0 Å². The predicted molar refractivity (Wildman–Crippen MR) is 132 cm³/mol. The average molecular weight is 534 g/mol. The number of rotatable bonds is 8. The van der Waals surface area contributed by atoms with Gasteiger partial charge in [-0.2, -0.15) is 0 Å². The van der Waals surface area contributed by atoms with Crippen molar-refractivity contribution >= 4 is 58.0 Å². The number of benzene rings is 1. The minimum absolute atomic E-state index is 0. The Morgan fingerprint density at radius 3 is 2.64 bits per heavy atom. The van der Waals surface area contributed by atoms with Gasteiger partial charge in [0.05, 0.1) is 5.69 Å². The summed E-state index contributed by atoms with van der Waals surface area (Å²) in [4.78, 5) is 11.8. The molecule has 0 bridgehead atoms. The molecule has 2 heterocycles. The molecule has 0 radical (unpaired) electrons. The van der Waals surface area contributed by atoms with E-state index in [1.54, 1.807) is 11.3 Å². The van der Waals surface area contributed by atoms with Gasteiger partial charge in [0.15, 0.2) is 11.1 Å². The third-order valence-corrected chi connectivity index (χ3v) is 5.72. The van der Waals surface area contributed by atoms with Gasteiger partial charge in [0, 0.05) is 49.5 Å². The number of anilines is 1. The molecule has 1 aliphatic heterocycles. The van der Waals surface area contributed by atoms with Crippen LogP contribution in [0.25, 0.3) is 0 Å². The van der Waals surface area contributed by atoms with Crippen LogP contribution in [0.15, 0.2) is 34.6 Å². The number of thiazole rings is 1. The fraction of sp³-hybridized carbons (Fsp3) is 0.500. The second kappa shape index (κ2) is 12.5. The molecule has 1 aromatic carbocycles. The molecule has 28 heavy (non-hydrogen) atoms. The second-order valence-corrected chi connectivity index (χ2v) is 7.90. The Morgan fingerprint density at radius 1 is 1.18 bits per heavy atom. The van der Waals surface area contributed by atoms with Crippen LogP contribution in [0, 0.1) is 0 Å². The Morgan fingerprint density at radius 2 is 1.93 bits per heavy atom. The lowest BCUT2D eigenvalue weighted by Gasteiger charge is -2.12. The van der Waals surface area contributed by atoms with Crippen LogP contribution in [0.4, 0.5) is 5.13 Å². The number of hydrogen-bond acceptors (Lipinski definition) is 4. The van der Waals surface area contributed by atoms with Crippen molar-refractivity contribution in [3.05, 3.63) is 45.9 Å². The highest BCUT2D eigenvalue weighted by Gasteiger charge is 2.15. The molecule has 2 aromatic rings. The van der Waals surface area contributed by atoms with Gasteiger partial charge in [-0.1, -0.05) is 23.7 Å². The normalized spacial score (nSPS) is 14.1. The predicted octanol–water partition coefficient (Wildman–Crippen LogP) is 4.36. The van der Waals surface area contributed by atoms with Crippen molar-refractivity contribution in [2.24, 2.45) is 4.99 Å². The Bertz CT molecular complexity index is 728. The molecule has 0 spiro atoms. The number of hydrogen-bond donors (Lipinski definition) is 2. The van der Waals surface area contributed by atoms with Gasteiger partial charge in [-0.15, -0.1) is 35.3 Å². The lowest BCUT2D eigenvalue weighted by atomic mass is 10.1. The Labute approximate surface area is 194 Å². The smallest absolute Gasteiger partial charge is 0.191 e. The Balaban J connectivity index is 0.00000280. The van der Waals surface area contributed by atoms with E-state index in [-0.39, 0.29) is 24.0 Å². The Kier molecular flexibility index (Phi) is 10.4. The summed E-state index contributed by atoms with van der Waals surface area (Å²) in [5.74, 6) is 0.862. The molecule has 1 aliphatic rings. The summed E-state index contributed by atoms with van der Waals surface area (Å²) >= 11 is 7.69. The standard InChI is InChI=1S/C20H28ClN5S.HI/c1-2-22-19(23-11-9-16-5-7-17(21)8-6-16)24-12-10-18-15-27-20(25-18)26-13-3-4-14-26;/h5-8,15H,2-4,9-14H2,1H3,(H2,22,23,24);1H. The molecular formula is C20H29ClIN5S. The molecular weight excluding hydrogens is 505 g/mol. The zero-order valence-electron chi connectivity index (χ0n) is 16.3. The van der Waals surface area contributed by atoms with Crippen LogP contribution in [0.1, 0.15) is 31.0 Å². The van der Waals surface area contributed by atoms with E-state index in [1.807, 2.05) is 12.1 Å². The van der Waals surface area contributed by atoms with Crippen LogP contribution < -0.4 is 15.5 Å². The van der Waals surface area contributed by atoms with E-state index in [4.69, 9.17) is 16.6 Å². The number of nitrogens with zero attached hydrogens (tertiary/aromatic N) is 3. The lowest BCUT2D eigenvalue weighted by Crippen LogP contribution is -2.38. The maximum absolute atomic E-state index is 5.93. The highest BCUT2D eigenvalue weighted by molar-refractivity contribution is 14.0. The number of guanidine groups is 1. The van der Waals surface area contributed by atoms with Crippen LogP contribution >= 0.6 is 46.9 Å². The summed E-state index contributed by atoms with van der Waals surface area (Å²) in [6.45, 7) is 6.80. The molecule has 8 heteroatoms. The van der Waals surface area contributed by atoms with Gasteiger partial charge in [-0.25, -0.2) is 4.98 Å². The van der Waals surface area contributed by atoms with E-state index in [2.05, 4.69) is 45.0 Å². The van der Waals surface area contributed by atoms with E-state index < -0.39 is 0 Å². The molecule has 154 valence electrons. The molecule has 2 N–H and O–H groups in total. The molecule has 0 amide bonds. The molecule has 0 saturated carbocycles. The third-order valence-electron chi connectivity index (χ3n) is 4.52. The fourth-order valence-electron chi connectivity index (χ4n) is 3.07. The van der Waals surface area contributed by atoms with Gasteiger partial charge in [0.2, 0.25) is 0 Å². The van der Waals surface area contributed by atoms with E-state index in [9.17, 15) is 0 Å². The quantitative estimate of drug-likeness (QED) is 0.301. The SMILES string of the molecule is CCNC(=NCCc1csc(N2CCCC2)n1)NCCc1ccc(Cl)cc1.I. The first-order valence-electron chi connectivity index (χ1n) is 9.70. The second-order valence-electron chi connectivity index (χ2n) is 6.63. The third kappa shape index (κ3) is 7.40. The van der Waals surface area contributed by atoms with Crippen LogP contribution in [-0.2, 0) is 12.8 Å². The first kappa shape index (κ1) is 23.2. The van der Waals surface area contributed by atoms with Gasteiger partial charge < -0.3 is 15.5 Å². The summed E-state index contributed by atoms with van der Waals surface area (Å²) in [7, 11) is 0. The van der Waals surface area contributed by atoms with Crippen LogP contribution in [-0.4, -0.2) is 43.7 Å². The summed E-state index contributed by atoms with van der Waals surface area (Å²) in [5, 5.41) is 10.8. The fourth-order valence-corrected chi connectivity index (χ4v) is 4.10. The van der Waals surface area contributed by atoms with E-state index in [1.165, 1.54) is 23.5 Å². The molecule has 3 rings (SSSR count). The molecule has 5 nitrogen and oxygen atoms in total. The van der Waals surface area contributed by atoms with E-state index >= 15 is 0 Å². The molecule has 1 saturated heterocycles. The van der Waals surface area contributed by atoms with E-state index in [0.717, 1.165) is 62.2 Å². The summed E-state index contributed by atoms with van der Waals surface area (Å²) in [6, 6.07) is 7.99. The van der Waals surface area contributed by atoms with Crippen molar-refractivity contribution in [2.75, 3.05) is 37.6 Å².